The molecule has 1 N–H and O–H groups in total. The van der Waals surface area contributed by atoms with Crippen LogP contribution in [0.2, 0.25) is 0 Å². The maximum absolute atomic E-state index is 13.5. The molecule has 1 fully saturated rings. The fourth-order valence-electron chi connectivity index (χ4n) is 3.88. The molecule has 3 aromatic rings. The first-order valence-electron chi connectivity index (χ1n) is 10.4. The van der Waals surface area contributed by atoms with Crippen LogP contribution < -0.4 is 5.56 Å². The summed E-state index contributed by atoms with van der Waals surface area (Å²) < 4.78 is 34.7. The Labute approximate surface area is 190 Å². The Bertz CT molecular complexity index is 1250. The zero-order chi connectivity index (χ0) is 22.0. The molecule has 0 saturated carbocycles. The minimum Gasteiger partial charge on any atom is -0.377 e. The lowest BCUT2D eigenvalue weighted by Gasteiger charge is -2.25. The van der Waals surface area contributed by atoms with Crippen molar-refractivity contribution in [1.29, 1.82) is 0 Å². The molecule has 1 aliphatic heterocycles. The Kier molecular flexibility index (Phi) is 6.62. The van der Waals surface area contributed by atoms with E-state index >= 15 is 0 Å². The van der Waals surface area contributed by atoms with Crippen molar-refractivity contribution in [3.05, 3.63) is 74.5 Å². The van der Waals surface area contributed by atoms with Crippen molar-refractivity contribution in [3.63, 3.8) is 0 Å². The zero-order valence-electron chi connectivity index (χ0n) is 17.3. The molecule has 2 heterocycles. The van der Waals surface area contributed by atoms with Crippen LogP contribution in [0, 0.1) is 0 Å². The van der Waals surface area contributed by atoms with E-state index in [1.807, 2.05) is 18.2 Å². The fraction of sp³-hybridized carbons (Fsp3) is 0.348. The molecule has 2 aromatic carbocycles. The van der Waals surface area contributed by atoms with E-state index in [0.29, 0.717) is 16.6 Å². The number of aromatic nitrogens is 1. The molecule has 1 aliphatic rings. The van der Waals surface area contributed by atoms with Crippen molar-refractivity contribution < 1.29 is 13.2 Å². The molecular weight excluding hydrogens is 480 g/mol. The highest BCUT2D eigenvalue weighted by molar-refractivity contribution is 9.10. The smallest absolute Gasteiger partial charge is 0.252 e. The number of nitrogens with zero attached hydrogens (tertiary/aromatic N) is 1. The molecule has 0 unspecified atom stereocenters. The number of rotatable bonds is 7. The Morgan fingerprint density at radius 3 is 2.71 bits per heavy atom. The van der Waals surface area contributed by atoms with Crippen molar-refractivity contribution in [1.82, 2.24) is 9.29 Å². The van der Waals surface area contributed by atoms with Crippen molar-refractivity contribution >= 4 is 36.9 Å². The molecular formula is C23H25BrN2O4S. The lowest BCUT2D eigenvalue weighted by molar-refractivity contribution is 0.0925. The van der Waals surface area contributed by atoms with Crippen LogP contribution in [0.4, 0.5) is 0 Å². The maximum atomic E-state index is 13.5. The first kappa shape index (κ1) is 22.2. The molecule has 0 aliphatic carbocycles. The van der Waals surface area contributed by atoms with E-state index in [2.05, 4.69) is 27.8 Å². The minimum atomic E-state index is -3.85. The number of sulfonamides is 1. The van der Waals surface area contributed by atoms with Gasteiger partial charge in [0.2, 0.25) is 10.0 Å². The third-order valence-corrected chi connectivity index (χ3v) is 8.45. The van der Waals surface area contributed by atoms with Crippen LogP contribution in [-0.2, 0) is 27.7 Å². The van der Waals surface area contributed by atoms with Gasteiger partial charge in [-0.1, -0.05) is 25.1 Å². The summed E-state index contributed by atoms with van der Waals surface area (Å²) in [6.07, 6.45) is 2.41. The van der Waals surface area contributed by atoms with Crippen molar-refractivity contribution in [2.24, 2.45) is 0 Å². The number of aromatic amines is 1. The molecule has 8 heteroatoms. The average Bonchev–Trinajstić information content (AvgIpc) is 3.27. The van der Waals surface area contributed by atoms with Crippen LogP contribution in [0.5, 0.6) is 0 Å². The number of H-pyrrole nitrogens is 1. The zero-order valence-corrected chi connectivity index (χ0v) is 19.7. The van der Waals surface area contributed by atoms with Crippen LogP contribution in [0.3, 0.4) is 0 Å². The lowest BCUT2D eigenvalue weighted by Crippen LogP contribution is -2.38. The van der Waals surface area contributed by atoms with Gasteiger partial charge in [-0.25, -0.2) is 8.42 Å². The normalized spacial score (nSPS) is 16.9. The highest BCUT2D eigenvalue weighted by atomic mass is 79.9. The third-order valence-electron chi connectivity index (χ3n) is 5.63. The number of hydrogen-bond donors (Lipinski definition) is 1. The Morgan fingerprint density at radius 2 is 2.00 bits per heavy atom. The number of halogens is 1. The van der Waals surface area contributed by atoms with Gasteiger partial charge in [0, 0.05) is 35.2 Å². The first-order valence-corrected chi connectivity index (χ1v) is 12.6. The summed E-state index contributed by atoms with van der Waals surface area (Å²) in [6.45, 7) is 2.88. The summed E-state index contributed by atoms with van der Waals surface area (Å²) in [4.78, 5) is 15.8. The molecule has 1 saturated heterocycles. The highest BCUT2D eigenvalue weighted by Crippen LogP contribution is 2.27. The molecule has 4 rings (SSSR count). The van der Waals surface area contributed by atoms with Crippen LogP contribution in [0.25, 0.3) is 10.9 Å². The first-order chi connectivity index (χ1) is 14.9. The molecule has 1 aromatic heterocycles. The van der Waals surface area contributed by atoms with Crippen molar-refractivity contribution in [3.8, 4) is 0 Å². The van der Waals surface area contributed by atoms with Crippen molar-refractivity contribution in [2.45, 2.75) is 43.7 Å². The summed E-state index contributed by atoms with van der Waals surface area (Å²) in [5.41, 5.74) is 2.03. The third kappa shape index (κ3) is 4.77. The number of ether oxygens (including phenoxy) is 1. The van der Waals surface area contributed by atoms with Crippen LogP contribution >= 0.6 is 15.9 Å². The molecule has 0 radical (unpaired) electrons. The summed E-state index contributed by atoms with van der Waals surface area (Å²) in [5, 5.41) is 0.893. The van der Waals surface area contributed by atoms with Crippen molar-refractivity contribution in [2.75, 3.05) is 13.2 Å². The largest absolute Gasteiger partial charge is 0.377 e. The number of aryl methyl sites for hydroxylation is 1. The second kappa shape index (κ2) is 9.24. The lowest BCUT2D eigenvalue weighted by atomic mass is 10.1. The molecule has 1 atom stereocenters. The van der Waals surface area contributed by atoms with Crippen LogP contribution in [0.1, 0.15) is 30.9 Å². The van der Waals surface area contributed by atoms with Gasteiger partial charge in [0.1, 0.15) is 0 Å². The summed E-state index contributed by atoms with van der Waals surface area (Å²) in [5.74, 6) is 0. The molecule has 31 heavy (non-hydrogen) atoms. The van der Waals surface area contributed by atoms with E-state index in [1.54, 1.807) is 30.3 Å². The predicted molar refractivity (Wildman–Crippen MR) is 125 cm³/mol. The van der Waals surface area contributed by atoms with E-state index in [1.165, 1.54) is 4.31 Å². The SMILES string of the molecule is CCc1ccc2[nH]c(=O)c(CN(C[C@@H]3CCCO3)S(=O)(=O)c3ccccc3Br)cc2c1. The summed E-state index contributed by atoms with van der Waals surface area (Å²) in [7, 11) is -3.85. The van der Waals surface area contributed by atoms with Gasteiger partial charge in [0.15, 0.2) is 0 Å². The van der Waals surface area contributed by atoms with Gasteiger partial charge in [-0.3, -0.25) is 4.79 Å². The van der Waals surface area contributed by atoms with Gasteiger partial charge in [0.05, 0.1) is 11.0 Å². The monoisotopic (exact) mass is 504 g/mol. The van der Waals surface area contributed by atoms with E-state index in [4.69, 9.17) is 4.74 Å². The maximum Gasteiger partial charge on any atom is 0.252 e. The van der Waals surface area contributed by atoms with Gasteiger partial charge in [-0.2, -0.15) is 4.31 Å². The standard InChI is InChI=1S/C23H25BrN2O4S/c1-2-16-9-10-21-17(12-16)13-18(23(27)25-21)14-26(15-19-6-5-11-30-19)31(28,29)22-8-4-3-7-20(22)24/h3-4,7-10,12-13,19H,2,5-6,11,14-15H2,1H3,(H,25,27)/t19-/m0/s1. The fourth-order valence-corrected chi connectivity index (χ4v) is 6.30. The summed E-state index contributed by atoms with van der Waals surface area (Å²) >= 11 is 3.36. The number of fused-ring (bicyclic) bond motifs is 1. The van der Waals surface area contributed by atoms with Gasteiger partial charge in [-0.05, 0) is 76.5 Å². The second-order valence-corrected chi connectivity index (χ2v) is 10.5. The minimum absolute atomic E-state index is 0.0227. The molecule has 0 spiro atoms. The van der Waals surface area contributed by atoms with E-state index in [-0.39, 0.29) is 29.6 Å². The van der Waals surface area contributed by atoms with Gasteiger partial charge in [0.25, 0.3) is 5.56 Å². The molecule has 164 valence electrons. The molecule has 0 amide bonds. The Balaban J connectivity index is 1.75. The van der Waals surface area contributed by atoms with E-state index < -0.39 is 10.0 Å². The van der Waals surface area contributed by atoms with Crippen LogP contribution in [0.15, 0.2) is 62.7 Å². The van der Waals surface area contributed by atoms with Gasteiger partial charge < -0.3 is 9.72 Å². The van der Waals surface area contributed by atoms with Gasteiger partial charge >= 0.3 is 0 Å². The second-order valence-electron chi connectivity index (χ2n) is 7.76. The Morgan fingerprint density at radius 1 is 1.19 bits per heavy atom. The highest BCUT2D eigenvalue weighted by Gasteiger charge is 2.31. The molecule has 0 bridgehead atoms. The summed E-state index contributed by atoms with van der Waals surface area (Å²) in [6, 6.07) is 14.4. The van der Waals surface area contributed by atoms with Gasteiger partial charge in [-0.15, -0.1) is 0 Å². The number of nitrogens with one attached hydrogen (secondary N) is 1. The quantitative estimate of drug-likeness (QED) is 0.522. The number of hydrogen-bond acceptors (Lipinski definition) is 4. The van der Waals surface area contributed by atoms with E-state index in [9.17, 15) is 13.2 Å². The molecule has 6 nitrogen and oxygen atoms in total. The van der Waals surface area contributed by atoms with E-state index in [0.717, 1.165) is 35.7 Å². The predicted octanol–water partition coefficient (Wildman–Crippen LogP) is 4.22. The topological polar surface area (TPSA) is 79.5 Å². The Hall–Kier alpha value is -2.00. The number of benzene rings is 2. The van der Waals surface area contributed by atoms with Crippen LogP contribution in [-0.4, -0.2) is 37.0 Å². The number of pyridine rings is 1. The average molecular weight is 505 g/mol.